The number of aromatic hydroxyl groups is 1. The number of rotatable bonds is 6. The van der Waals surface area contributed by atoms with Gasteiger partial charge in [-0.25, -0.2) is 0 Å². The van der Waals surface area contributed by atoms with Crippen LogP contribution >= 0.6 is 0 Å². The third kappa shape index (κ3) is 4.74. The molecule has 0 bridgehead atoms. The van der Waals surface area contributed by atoms with E-state index in [2.05, 4.69) is 18.0 Å². The van der Waals surface area contributed by atoms with Gasteiger partial charge in [0.15, 0.2) is 0 Å². The number of hydrogen-bond donors (Lipinski definition) is 2. The van der Waals surface area contributed by atoms with Gasteiger partial charge in [0, 0.05) is 24.2 Å². The van der Waals surface area contributed by atoms with Crippen molar-refractivity contribution >= 4 is 11.5 Å². The zero-order chi connectivity index (χ0) is 21.6. The van der Waals surface area contributed by atoms with Gasteiger partial charge in [-0.2, -0.15) is 0 Å². The molecule has 1 spiro atoms. The smallest absolute Gasteiger partial charge is 0.253 e. The minimum absolute atomic E-state index is 0.0673. The van der Waals surface area contributed by atoms with Crippen LogP contribution in [-0.4, -0.2) is 54.3 Å². The summed E-state index contributed by atoms with van der Waals surface area (Å²) in [7, 11) is 0. The van der Waals surface area contributed by atoms with E-state index in [1.54, 1.807) is 23.1 Å². The number of hydrogen-bond acceptors (Lipinski definition) is 4. The van der Waals surface area contributed by atoms with E-state index in [0.717, 1.165) is 42.6 Å². The van der Waals surface area contributed by atoms with Crippen LogP contribution in [0.2, 0.25) is 0 Å². The molecule has 1 fully saturated rings. The Morgan fingerprint density at radius 1 is 1.27 bits per heavy atom. The van der Waals surface area contributed by atoms with Crippen molar-refractivity contribution in [3.63, 3.8) is 0 Å². The number of ether oxygens (including phenoxy) is 1. The van der Waals surface area contributed by atoms with Gasteiger partial charge in [0.05, 0.1) is 12.2 Å². The van der Waals surface area contributed by atoms with Crippen molar-refractivity contribution in [1.82, 2.24) is 10.2 Å². The summed E-state index contributed by atoms with van der Waals surface area (Å²) in [6, 6.07) is 5.24. The SMILES string of the molecule is C=C/C=C\C=C1/COC2(C=C1c1ccc(C(=O)N(CC)CC)cc1O)CCNCC2. The van der Waals surface area contributed by atoms with E-state index >= 15 is 0 Å². The molecule has 0 aromatic heterocycles. The molecule has 0 aliphatic carbocycles. The summed E-state index contributed by atoms with van der Waals surface area (Å²) >= 11 is 0. The van der Waals surface area contributed by atoms with Crippen molar-refractivity contribution in [3.05, 3.63) is 71.9 Å². The van der Waals surface area contributed by atoms with Crippen LogP contribution in [0, 0.1) is 0 Å². The van der Waals surface area contributed by atoms with Crippen LogP contribution in [0.4, 0.5) is 0 Å². The average Bonchev–Trinajstić information content (AvgIpc) is 2.76. The first-order valence-corrected chi connectivity index (χ1v) is 10.7. The lowest BCUT2D eigenvalue weighted by Gasteiger charge is -2.39. The van der Waals surface area contributed by atoms with Gasteiger partial charge in [0.2, 0.25) is 0 Å². The summed E-state index contributed by atoms with van der Waals surface area (Å²) in [5.41, 5.74) is 2.88. The van der Waals surface area contributed by atoms with E-state index in [4.69, 9.17) is 4.74 Å². The highest BCUT2D eigenvalue weighted by molar-refractivity contribution is 5.96. The number of amides is 1. The molecule has 1 saturated heterocycles. The van der Waals surface area contributed by atoms with E-state index in [1.807, 2.05) is 38.1 Å². The summed E-state index contributed by atoms with van der Waals surface area (Å²) in [5, 5.41) is 14.2. The normalized spacial score (nSPS) is 19.8. The van der Waals surface area contributed by atoms with Crippen LogP contribution in [0.5, 0.6) is 5.75 Å². The first-order valence-electron chi connectivity index (χ1n) is 10.7. The standard InChI is InChI=1S/C25H32N2O3/c1-4-7-8-9-20-18-30-25(12-14-26-15-13-25)17-22(20)21-11-10-19(16-23(21)28)24(29)27(5-2)6-3/h4,7-11,16-17,26,28H,1,5-6,12-15,18H2,2-3H3/b8-7-,20-9+. The molecule has 1 aromatic carbocycles. The molecule has 0 atom stereocenters. The zero-order valence-corrected chi connectivity index (χ0v) is 18.0. The number of phenols is 1. The van der Waals surface area contributed by atoms with Crippen molar-refractivity contribution in [3.8, 4) is 5.75 Å². The number of benzene rings is 1. The van der Waals surface area contributed by atoms with Crippen molar-refractivity contribution in [2.24, 2.45) is 0 Å². The molecule has 2 N–H and O–H groups in total. The monoisotopic (exact) mass is 408 g/mol. The van der Waals surface area contributed by atoms with Crippen LogP contribution in [0.25, 0.3) is 5.57 Å². The summed E-state index contributed by atoms with van der Waals surface area (Å²) in [5.74, 6) is 0.0474. The number of phenolic OH excluding ortho intramolecular Hbond substituents is 1. The fourth-order valence-electron chi connectivity index (χ4n) is 4.06. The number of carbonyl (C=O) groups is 1. The molecule has 3 rings (SSSR count). The average molecular weight is 409 g/mol. The second-order valence-electron chi connectivity index (χ2n) is 7.68. The van der Waals surface area contributed by atoms with Gasteiger partial charge in [-0.3, -0.25) is 4.79 Å². The van der Waals surface area contributed by atoms with E-state index in [9.17, 15) is 9.90 Å². The Labute approximate surface area is 179 Å². The fraction of sp³-hybridized carbons (Fsp3) is 0.400. The number of nitrogens with one attached hydrogen (secondary N) is 1. The number of piperidine rings is 1. The van der Waals surface area contributed by atoms with Crippen molar-refractivity contribution < 1.29 is 14.6 Å². The van der Waals surface area contributed by atoms with Crippen molar-refractivity contribution in [2.75, 3.05) is 32.8 Å². The number of nitrogens with zero attached hydrogens (tertiary/aromatic N) is 1. The first-order chi connectivity index (χ1) is 14.5. The topological polar surface area (TPSA) is 61.8 Å². The highest BCUT2D eigenvalue weighted by atomic mass is 16.5. The Bertz CT molecular complexity index is 872. The summed E-state index contributed by atoms with van der Waals surface area (Å²) in [6.07, 6.45) is 11.5. The maximum atomic E-state index is 12.7. The summed E-state index contributed by atoms with van der Waals surface area (Å²) in [6.45, 7) is 11.2. The predicted octanol–water partition coefficient (Wildman–Crippen LogP) is 4.08. The van der Waals surface area contributed by atoms with Gasteiger partial charge in [-0.05, 0) is 75.2 Å². The number of allylic oxidation sites excluding steroid dienone is 4. The van der Waals surface area contributed by atoms with Crippen LogP contribution in [0.1, 0.15) is 42.6 Å². The van der Waals surface area contributed by atoms with Crippen molar-refractivity contribution in [1.29, 1.82) is 0 Å². The highest BCUT2D eigenvalue weighted by Gasteiger charge is 2.35. The molecule has 0 unspecified atom stereocenters. The molecular formula is C25H32N2O3. The Hall–Kier alpha value is -2.63. The lowest BCUT2D eigenvalue weighted by atomic mass is 9.83. The molecule has 1 aromatic rings. The first kappa shape index (κ1) is 22.1. The maximum absolute atomic E-state index is 12.7. The van der Waals surface area contributed by atoms with Crippen LogP contribution in [0.3, 0.4) is 0 Å². The second kappa shape index (κ2) is 9.92. The van der Waals surface area contributed by atoms with E-state index in [-0.39, 0.29) is 17.3 Å². The molecule has 2 aliphatic heterocycles. The minimum atomic E-state index is -0.317. The van der Waals surface area contributed by atoms with Gasteiger partial charge in [0.1, 0.15) is 5.75 Å². The zero-order valence-electron chi connectivity index (χ0n) is 18.0. The second-order valence-corrected chi connectivity index (χ2v) is 7.68. The van der Waals surface area contributed by atoms with Crippen LogP contribution in [-0.2, 0) is 4.74 Å². The minimum Gasteiger partial charge on any atom is -0.507 e. The summed E-state index contributed by atoms with van der Waals surface area (Å²) in [4.78, 5) is 14.4. The maximum Gasteiger partial charge on any atom is 0.253 e. The molecule has 0 saturated carbocycles. The molecule has 2 aliphatic rings. The molecule has 5 heteroatoms. The van der Waals surface area contributed by atoms with Gasteiger partial charge in [0.25, 0.3) is 5.91 Å². The van der Waals surface area contributed by atoms with Crippen molar-refractivity contribution in [2.45, 2.75) is 32.3 Å². The molecule has 160 valence electrons. The lowest BCUT2D eigenvalue weighted by molar-refractivity contribution is -0.0199. The number of carbonyl (C=O) groups excluding carboxylic acids is 1. The van der Waals surface area contributed by atoms with E-state index < -0.39 is 0 Å². The van der Waals surface area contributed by atoms with Crippen LogP contribution in [0.15, 0.2) is 60.7 Å². The molecular weight excluding hydrogens is 376 g/mol. The third-order valence-electron chi connectivity index (χ3n) is 5.85. The Kier molecular flexibility index (Phi) is 7.29. The Morgan fingerprint density at radius 2 is 2.00 bits per heavy atom. The highest BCUT2D eigenvalue weighted by Crippen LogP contribution is 2.40. The fourth-order valence-corrected chi connectivity index (χ4v) is 4.06. The lowest BCUT2D eigenvalue weighted by Crippen LogP contribution is -2.44. The molecule has 30 heavy (non-hydrogen) atoms. The van der Waals surface area contributed by atoms with E-state index in [0.29, 0.717) is 25.3 Å². The van der Waals surface area contributed by atoms with Gasteiger partial charge in [-0.1, -0.05) is 30.9 Å². The molecule has 5 nitrogen and oxygen atoms in total. The molecule has 0 radical (unpaired) electrons. The predicted molar refractivity (Wildman–Crippen MR) is 122 cm³/mol. The van der Waals surface area contributed by atoms with Gasteiger partial charge in [-0.15, -0.1) is 0 Å². The third-order valence-corrected chi connectivity index (χ3v) is 5.85. The van der Waals surface area contributed by atoms with Crippen LogP contribution < -0.4 is 5.32 Å². The Morgan fingerprint density at radius 3 is 2.63 bits per heavy atom. The quantitative estimate of drug-likeness (QED) is 0.697. The van der Waals surface area contributed by atoms with Gasteiger partial charge < -0.3 is 20.1 Å². The van der Waals surface area contributed by atoms with E-state index in [1.165, 1.54) is 0 Å². The summed E-state index contributed by atoms with van der Waals surface area (Å²) < 4.78 is 6.28. The molecule has 1 amide bonds. The van der Waals surface area contributed by atoms with Gasteiger partial charge >= 0.3 is 0 Å². The Balaban J connectivity index is 2.01. The molecule has 2 heterocycles. The largest absolute Gasteiger partial charge is 0.507 e.